The Hall–Kier alpha value is -3.02. The number of hydrogen-bond acceptors (Lipinski definition) is 4. The normalized spacial score (nSPS) is 9.76. The maximum absolute atomic E-state index is 11.8. The molecule has 2 amide bonds. The second-order valence-electron chi connectivity index (χ2n) is 4.28. The summed E-state index contributed by atoms with van der Waals surface area (Å²) in [5.74, 6) is 0.433. The van der Waals surface area contributed by atoms with Crippen LogP contribution in [0.1, 0.15) is 5.56 Å². The highest BCUT2D eigenvalue weighted by Gasteiger charge is 2.07. The van der Waals surface area contributed by atoms with Crippen LogP contribution in [-0.4, -0.2) is 12.2 Å². The molecule has 21 heavy (non-hydrogen) atoms. The van der Waals surface area contributed by atoms with Gasteiger partial charge in [0.2, 0.25) is 0 Å². The van der Waals surface area contributed by atoms with Gasteiger partial charge in [-0.1, -0.05) is 18.2 Å². The number of ether oxygens (including phenoxy) is 2. The van der Waals surface area contributed by atoms with Crippen molar-refractivity contribution < 1.29 is 19.1 Å². The van der Waals surface area contributed by atoms with E-state index in [1.807, 2.05) is 25.1 Å². The molecule has 0 aliphatic carbocycles. The summed E-state index contributed by atoms with van der Waals surface area (Å²) in [6.45, 7) is 1.92. The predicted molar refractivity (Wildman–Crippen MR) is 77.5 cm³/mol. The minimum atomic E-state index is -0.934. The summed E-state index contributed by atoms with van der Waals surface area (Å²) in [6, 6.07) is 13.4. The number of primary amides is 1. The first-order valence-corrected chi connectivity index (χ1v) is 6.16. The van der Waals surface area contributed by atoms with E-state index in [0.717, 1.165) is 5.56 Å². The summed E-state index contributed by atoms with van der Waals surface area (Å²) in [4.78, 5) is 22.4. The molecular weight excluding hydrogens is 272 g/mol. The van der Waals surface area contributed by atoms with Crippen LogP contribution >= 0.6 is 0 Å². The molecule has 0 spiro atoms. The van der Waals surface area contributed by atoms with Gasteiger partial charge in [0.25, 0.3) is 0 Å². The molecule has 0 aliphatic rings. The molecule has 0 radical (unpaired) electrons. The van der Waals surface area contributed by atoms with Crippen molar-refractivity contribution in [1.29, 1.82) is 0 Å². The van der Waals surface area contributed by atoms with Crippen molar-refractivity contribution in [3.8, 4) is 11.5 Å². The van der Waals surface area contributed by atoms with Crippen molar-refractivity contribution in [3.63, 3.8) is 0 Å². The lowest BCUT2D eigenvalue weighted by Gasteiger charge is -2.08. The molecule has 6 heteroatoms. The molecule has 0 aliphatic heterocycles. The van der Waals surface area contributed by atoms with Gasteiger partial charge < -0.3 is 15.2 Å². The van der Waals surface area contributed by atoms with E-state index < -0.39 is 12.2 Å². The first kappa shape index (κ1) is 14.4. The highest BCUT2D eigenvalue weighted by atomic mass is 16.6. The van der Waals surface area contributed by atoms with Gasteiger partial charge in [0, 0.05) is 11.8 Å². The van der Waals surface area contributed by atoms with Gasteiger partial charge in [0.15, 0.2) is 0 Å². The van der Waals surface area contributed by atoms with Gasteiger partial charge in [-0.05, 0) is 36.8 Å². The van der Waals surface area contributed by atoms with Crippen LogP contribution in [0.5, 0.6) is 11.5 Å². The maximum Gasteiger partial charge on any atom is 0.417 e. The van der Waals surface area contributed by atoms with Crippen molar-refractivity contribution in [2.75, 3.05) is 5.32 Å². The number of hydrogen-bond donors (Lipinski definition) is 2. The monoisotopic (exact) mass is 286 g/mol. The molecule has 0 aromatic heterocycles. The number of nitrogens with one attached hydrogen (secondary N) is 1. The van der Waals surface area contributed by atoms with Gasteiger partial charge in [-0.2, -0.15) is 0 Å². The molecule has 0 saturated carbocycles. The highest BCUT2D eigenvalue weighted by Crippen LogP contribution is 2.20. The number of nitrogens with two attached hydrogens (primary N) is 1. The van der Waals surface area contributed by atoms with Gasteiger partial charge in [-0.25, -0.2) is 9.59 Å². The van der Waals surface area contributed by atoms with Crippen molar-refractivity contribution in [2.45, 2.75) is 6.92 Å². The Labute approximate surface area is 121 Å². The average molecular weight is 286 g/mol. The fraction of sp³-hybridized carbons (Fsp3) is 0.0667. The van der Waals surface area contributed by atoms with Gasteiger partial charge in [-0.15, -0.1) is 0 Å². The lowest BCUT2D eigenvalue weighted by atomic mass is 10.2. The summed E-state index contributed by atoms with van der Waals surface area (Å²) < 4.78 is 9.80. The summed E-state index contributed by atoms with van der Waals surface area (Å²) in [6.07, 6.45) is -1.58. The van der Waals surface area contributed by atoms with E-state index in [1.54, 1.807) is 18.2 Å². The van der Waals surface area contributed by atoms with Crippen LogP contribution in [0.25, 0.3) is 0 Å². The topological polar surface area (TPSA) is 90.7 Å². The second kappa shape index (κ2) is 6.42. The van der Waals surface area contributed by atoms with E-state index in [1.165, 1.54) is 12.1 Å². The Morgan fingerprint density at radius 3 is 2.33 bits per heavy atom. The molecule has 0 bridgehead atoms. The molecule has 6 nitrogen and oxygen atoms in total. The van der Waals surface area contributed by atoms with E-state index in [4.69, 9.17) is 15.2 Å². The Morgan fingerprint density at radius 1 is 1.00 bits per heavy atom. The second-order valence-corrected chi connectivity index (χ2v) is 4.28. The van der Waals surface area contributed by atoms with Crippen LogP contribution in [0.4, 0.5) is 15.3 Å². The summed E-state index contributed by atoms with van der Waals surface area (Å²) >= 11 is 0. The van der Waals surface area contributed by atoms with Gasteiger partial charge >= 0.3 is 12.2 Å². The van der Waals surface area contributed by atoms with E-state index in [9.17, 15) is 9.59 Å². The van der Waals surface area contributed by atoms with E-state index >= 15 is 0 Å². The zero-order valence-electron chi connectivity index (χ0n) is 11.3. The summed E-state index contributed by atoms with van der Waals surface area (Å²) in [5, 5.41) is 2.60. The van der Waals surface area contributed by atoms with Crippen LogP contribution in [0, 0.1) is 6.92 Å². The maximum atomic E-state index is 11.8. The predicted octanol–water partition coefficient (Wildman–Crippen LogP) is 3.06. The molecule has 3 N–H and O–H groups in total. The Morgan fingerprint density at radius 2 is 1.67 bits per heavy atom. The fourth-order valence-electron chi connectivity index (χ4n) is 1.69. The van der Waals surface area contributed by atoms with Crippen molar-refractivity contribution in [2.24, 2.45) is 5.73 Å². The molecule has 2 rings (SSSR count). The molecule has 108 valence electrons. The number of aryl methyl sites for hydroxylation is 1. The minimum Gasteiger partial charge on any atom is -0.410 e. The van der Waals surface area contributed by atoms with Crippen LogP contribution in [0.2, 0.25) is 0 Å². The van der Waals surface area contributed by atoms with E-state index in [2.05, 4.69) is 5.32 Å². The zero-order chi connectivity index (χ0) is 15.2. The van der Waals surface area contributed by atoms with Crippen LogP contribution in [0.3, 0.4) is 0 Å². The van der Waals surface area contributed by atoms with Crippen LogP contribution < -0.4 is 20.5 Å². The number of benzene rings is 2. The first-order valence-electron chi connectivity index (χ1n) is 6.16. The Bertz CT molecular complexity index is 670. The molecular formula is C15H14N2O4. The highest BCUT2D eigenvalue weighted by molar-refractivity contribution is 5.86. The van der Waals surface area contributed by atoms with Crippen LogP contribution in [-0.2, 0) is 0 Å². The number of anilines is 1. The number of carbonyl (C=O) groups excluding carboxylic acids is 2. The third-order valence-electron chi connectivity index (χ3n) is 2.50. The first-order chi connectivity index (χ1) is 10.0. The molecule has 0 saturated heterocycles. The quantitative estimate of drug-likeness (QED) is 0.907. The van der Waals surface area contributed by atoms with Gasteiger partial charge in [0.1, 0.15) is 11.5 Å². The Balaban J connectivity index is 2.01. The van der Waals surface area contributed by atoms with Crippen LogP contribution in [0.15, 0.2) is 48.5 Å². The lowest BCUT2D eigenvalue weighted by molar-refractivity contribution is 0.210. The number of carbonyl (C=O) groups is 2. The smallest absolute Gasteiger partial charge is 0.410 e. The zero-order valence-corrected chi connectivity index (χ0v) is 11.3. The van der Waals surface area contributed by atoms with Crippen molar-refractivity contribution in [3.05, 3.63) is 54.1 Å². The van der Waals surface area contributed by atoms with Crippen molar-refractivity contribution >= 4 is 17.9 Å². The third-order valence-corrected chi connectivity index (χ3v) is 2.50. The fourth-order valence-corrected chi connectivity index (χ4v) is 1.69. The number of rotatable bonds is 3. The molecule has 2 aromatic rings. The average Bonchev–Trinajstić information content (AvgIpc) is 2.37. The SMILES string of the molecule is Cc1cccc(NC(=O)Oc2cccc(OC(N)=O)c2)c1. The minimum absolute atomic E-state index is 0.198. The molecule has 0 atom stereocenters. The summed E-state index contributed by atoms with van der Waals surface area (Å²) in [7, 11) is 0. The Kier molecular flexibility index (Phi) is 4.40. The lowest BCUT2D eigenvalue weighted by Crippen LogP contribution is -2.17. The van der Waals surface area contributed by atoms with Gasteiger partial charge in [0.05, 0.1) is 0 Å². The largest absolute Gasteiger partial charge is 0.417 e. The van der Waals surface area contributed by atoms with Crippen molar-refractivity contribution in [1.82, 2.24) is 0 Å². The molecule has 2 aromatic carbocycles. The van der Waals surface area contributed by atoms with E-state index in [0.29, 0.717) is 5.69 Å². The third kappa shape index (κ3) is 4.54. The standard InChI is InChI=1S/C15H14N2O4/c1-10-4-2-5-11(8-10)17-15(19)21-13-7-3-6-12(9-13)20-14(16)18/h2-9H,1H3,(H2,16,18)(H,17,19). The summed E-state index contributed by atoms with van der Waals surface area (Å²) in [5.41, 5.74) is 6.56. The van der Waals surface area contributed by atoms with Gasteiger partial charge in [-0.3, -0.25) is 5.32 Å². The van der Waals surface area contributed by atoms with E-state index in [-0.39, 0.29) is 11.5 Å². The molecule has 0 heterocycles. The molecule has 0 unspecified atom stereocenters. The molecule has 0 fully saturated rings. The number of amides is 2.